The molecule has 1 amide bonds. The Hall–Kier alpha value is -3.23. The molecule has 158 valence electrons. The van der Waals surface area contributed by atoms with Crippen LogP contribution >= 0.6 is 23.2 Å². The van der Waals surface area contributed by atoms with E-state index in [1.807, 2.05) is 6.07 Å². The Balaban J connectivity index is 1.50. The first-order chi connectivity index (χ1) is 14.7. The van der Waals surface area contributed by atoms with Crippen molar-refractivity contribution >= 4 is 45.9 Å². The number of anilines is 1. The van der Waals surface area contributed by atoms with Crippen molar-refractivity contribution in [2.24, 2.45) is 0 Å². The van der Waals surface area contributed by atoms with Crippen molar-refractivity contribution in [1.82, 2.24) is 9.97 Å². The number of H-pyrrole nitrogens is 1. The smallest absolute Gasteiger partial charge is 0.410 e. The van der Waals surface area contributed by atoms with E-state index in [-0.39, 0.29) is 11.4 Å². The quantitative estimate of drug-likeness (QED) is 0.337. The van der Waals surface area contributed by atoms with Crippen LogP contribution in [-0.4, -0.2) is 16.1 Å². The zero-order chi connectivity index (χ0) is 22.2. The van der Waals surface area contributed by atoms with E-state index in [0.717, 1.165) is 23.7 Å². The normalized spacial score (nSPS) is 11.5. The van der Waals surface area contributed by atoms with Crippen molar-refractivity contribution in [3.05, 3.63) is 76.5 Å². The van der Waals surface area contributed by atoms with Gasteiger partial charge < -0.3 is 9.72 Å². The van der Waals surface area contributed by atoms with Gasteiger partial charge in [0, 0.05) is 28.2 Å². The van der Waals surface area contributed by atoms with Gasteiger partial charge in [-0.05, 0) is 42.5 Å². The Morgan fingerprint density at radius 3 is 2.42 bits per heavy atom. The van der Waals surface area contributed by atoms with E-state index in [9.17, 15) is 18.0 Å². The van der Waals surface area contributed by atoms with Gasteiger partial charge in [0.05, 0.1) is 21.9 Å². The zero-order valence-corrected chi connectivity index (χ0v) is 16.9. The number of nitrogens with zero attached hydrogens (tertiary/aromatic N) is 1. The average Bonchev–Trinajstić information content (AvgIpc) is 3.10. The van der Waals surface area contributed by atoms with Gasteiger partial charge in [-0.25, -0.2) is 9.78 Å². The standard InChI is InChI=1S/C21H12Cl2F3N3O2/c22-14-2-1-3-15(23)19(14)17-8-11-4-6-13(9-16(11)29-17)31-20(30)28-12-5-7-18(27-10-12)21(24,25)26/h1-10,29H,(H,28,30). The number of fused-ring (bicyclic) bond motifs is 1. The van der Waals surface area contributed by atoms with E-state index < -0.39 is 18.0 Å². The summed E-state index contributed by atoms with van der Waals surface area (Å²) in [5, 5.41) is 4.14. The molecule has 0 unspecified atom stereocenters. The highest BCUT2D eigenvalue weighted by Crippen LogP contribution is 2.36. The highest BCUT2D eigenvalue weighted by Gasteiger charge is 2.32. The average molecular weight is 466 g/mol. The third-order valence-corrected chi connectivity index (χ3v) is 4.97. The lowest BCUT2D eigenvalue weighted by Gasteiger charge is -2.08. The minimum absolute atomic E-state index is 0.0644. The van der Waals surface area contributed by atoms with Gasteiger partial charge in [0.1, 0.15) is 11.4 Å². The lowest BCUT2D eigenvalue weighted by atomic mass is 10.1. The van der Waals surface area contributed by atoms with Gasteiger partial charge in [-0.1, -0.05) is 29.3 Å². The molecule has 0 atom stereocenters. The van der Waals surface area contributed by atoms with Crippen LogP contribution in [0, 0.1) is 0 Å². The summed E-state index contributed by atoms with van der Waals surface area (Å²) in [5.41, 5.74) is 1.03. The maximum absolute atomic E-state index is 12.6. The first kappa shape index (κ1) is 21.0. The summed E-state index contributed by atoms with van der Waals surface area (Å²) in [6, 6.07) is 13.8. The molecule has 10 heteroatoms. The third-order valence-electron chi connectivity index (χ3n) is 4.34. The number of carbonyl (C=O) groups excluding carboxylic acids is 1. The minimum atomic E-state index is -4.56. The van der Waals surface area contributed by atoms with Crippen LogP contribution in [0.2, 0.25) is 10.0 Å². The number of aromatic nitrogens is 2. The summed E-state index contributed by atoms with van der Waals surface area (Å²) in [4.78, 5) is 18.5. The predicted octanol–water partition coefficient (Wildman–Crippen LogP) is 7.17. The zero-order valence-electron chi connectivity index (χ0n) is 15.4. The summed E-state index contributed by atoms with van der Waals surface area (Å²) < 4.78 is 42.9. The Morgan fingerprint density at radius 2 is 1.77 bits per heavy atom. The van der Waals surface area contributed by atoms with E-state index in [2.05, 4.69) is 15.3 Å². The molecule has 2 N–H and O–H groups in total. The number of hydrogen-bond donors (Lipinski definition) is 2. The molecule has 0 aliphatic carbocycles. The van der Waals surface area contributed by atoms with Crippen LogP contribution in [0.25, 0.3) is 22.2 Å². The molecule has 0 aliphatic rings. The molecule has 31 heavy (non-hydrogen) atoms. The molecule has 0 spiro atoms. The van der Waals surface area contributed by atoms with Crippen LogP contribution in [0.4, 0.5) is 23.7 Å². The second kappa shape index (κ2) is 8.13. The number of pyridine rings is 1. The van der Waals surface area contributed by atoms with Crippen LogP contribution < -0.4 is 10.1 Å². The van der Waals surface area contributed by atoms with Crippen LogP contribution in [0.5, 0.6) is 5.75 Å². The third kappa shape index (κ3) is 4.60. The van der Waals surface area contributed by atoms with Gasteiger partial charge in [0.2, 0.25) is 0 Å². The molecule has 0 bridgehead atoms. The number of rotatable bonds is 3. The lowest BCUT2D eigenvalue weighted by molar-refractivity contribution is -0.141. The summed E-state index contributed by atoms with van der Waals surface area (Å²) >= 11 is 12.5. The van der Waals surface area contributed by atoms with Crippen molar-refractivity contribution in [1.29, 1.82) is 0 Å². The first-order valence-corrected chi connectivity index (χ1v) is 9.55. The Bertz CT molecular complexity index is 1250. The van der Waals surface area contributed by atoms with Gasteiger partial charge in [-0.15, -0.1) is 0 Å². The van der Waals surface area contributed by atoms with Gasteiger partial charge in [-0.3, -0.25) is 5.32 Å². The monoisotopic (exact) mass is 465 g/mol. The van der Waals surface area contributed by atoms with Crippen molar-refractivity contribution in [3.63, 3.8) is 0 Å². The van der Waals surface area contributed by atoms with E-state index >= 15 is 0 Å². The molecule has 4 rings (SSSR count). The number of amides is 1. The van der Waals surface area contributed by atoms with E-state index in [4.69, 9.17) is 27.9 Å². The summed E-state index contributed by atoms with van der Waals surface area (Å²) in [6.45, 7) is 0. The number of nitrogens with one attached hydrogen (secondary N) is 2. The number of carbonyl (C=O) groups is 1. The molecule has 0 aliphatic heterocycles. The van der Waals surface area contributed by atoms with Crippen molar-refractivity contribution in [2.45, 2.75) is 6.18 Å². The summed E-state index contributed by atoms with van der Waals surface area (Å²) in [5.74, 6) is 0.225. The fraction of sp³-hybridized carbons (Fsp3) is 0.0476. The number of hydrogen-bond acceptors (Lipinski definition) is 3. The van der Waals surface area contributed by atoms with Gasteiger partial charge >= 0.3 is 12.3 Å². The van der Waals surface area contributed by atoms with Crippen LogP contribution in [-0.2, 0) is 6.18 Å². The molecule has 0 saturated carbocycles. The molecule has 0 fully saturated rings. The van der Waals surface area contributed by atoms with Crippen LogP contribution in [0.1, 0.15) is 5.69 Å². The van der Waals surface area contributed by atoms with E-state index in [0.29, 0.717) is 26.8 Å². The number of ether oxygens (including phenoxy) is 1. The largest absolute Gasteiger partial charge is 0.433 e. The highest BCUT2D eigenvalue weighted by atomic mass is 35.5. The maximum atomic E-state index is 12.6. The van der Waals surface area contributed by atoms with Crippen molar-refractivity contribution < 1.29 is 22.7 Å². The number of halogens is 5. The van der Waals surface area contributed by atoms with E-state index in [1.165, 1.54) is 0 Å². The molecule has 4 aromatic rings. The molecular weight excluding hydrogens is 454 g/mol. The predicted molar refractivity (Wildman–Crippen MR) is 113 cm³/mol. The molecule has 2 aromatic carbocycles. The molecule has 5 nitrogen and oxygen atoms in total. The van der Waals surface area contributed by atoms with Crippen LogP contribution in [0.3, 0.4) is 0 Å². The number of aromatic amines is 1. The molecule has 0 saturated heterocycles. The summed E-state index contributed by atoms with van der Waals surface area (Å²) in [7, 11) is 0. The number of alkyl halides is 3. The minimum Gasteiger partial charge on any atom is -0.410 e. The SMILES string of the molecule is O=C(Nc1ccc(C(F)(F)F)nc1)Oc1ccc2cc(-c3c(Cl)cccc3Cl)[nH]c2c1. The fourth-order valence-electron chi connectivity index (χ4n) is 2.95. The first-order valence-electron chi connectivity index (χ1n) is 8.80. The molecule has 0 radical (unpaired) electrons. The second-order valence-electron chi connectivity index (χ2n) is 6.47. The highest BCUT2D eigenvalue weighted by molar-refractivity contribution is 6.39. The van der Waals surface area contributed by atoms with Crippen molar-refractivity contribution in [3.8, 4) is 17.0 Å². The van der Waals surface area contributed by atoms with Gasteiger partial charge in [0.25, 0.3) is 0 Å². The molecule has 2 heterocycles. The topological polar surface area (TPSA) is 67.0 Å². The fourth-order valence-corrected chi connectivity index (χ4v) is 3.55. The maximum Gasteiger partial charge on any atom is 0.433 e. The Labute approximate surface area is 183 Å². The van der Waals surface area contributed by atoms with E-state index in [1.54, 1.807) is 36.4 Å². The second-order valence-corrected chi connectivity index (χ2v) is 7.29. The Morgan fingerprint density at radius 1 is 1.03 bits per heavy atom. The van der Waals surface area contributed by atoms with Crippen molar-refractivity contribution in [2.75, 3.05) is 5.32 Å². The molecular formula is C21H12Cl2F3N3O2. The van der Waals surface area contributed by atoms with Gasteiger partial charge in [-0.2, -0.15) is 13.2 Å². The number of benzene rings is 2. The van der Waals surface area contributed by atoms with Gasteiger partial charge in [0.15, 0.2) is 0 Å². The van der Waals surface area contributed by atoms with Crippen LogP contribution in [0.15, 0.2) is 60.8 Å². The Kier molecular flexibility index (Phi) is 5.51. The summed E-state index contributed by atoms with van der Waals surface area (Å²) in [6.07, 6.45) is -4.53. The molecule has 2 aromatic heterocycles. The lowest BCUT2D eigenvalue weighted by Crippen LogP contribution is -2.17.